The van der Waals surface area contributed by atoms with Crippen molar-refractivity contribution in [1.29, 1.82) is 0 Å². The average Bonchev–Trinajstić information content (AvgIpc) is 2.86. The number of unbranched alkanes of at least 4 members (excludes halogenated alkanes) is 8. The molecular formula is C29H46N2O2. The van der Waals surface area contributed by atoms with Crippen LogP contribution in [-0.2, 0) is 4.79 Å². The summed E-state index contributed by atoms with van der Waals surface area (Å²) in [7, 11) is 1.71. The second kappa shape index (κ2) is 17.3. The number of piperazine rings is 1. The van der Waals surface area contributed by atoms with Crippen LogP contribution in [0, 0.1) is 0 Å². The smallest absolute Gasteiger partial charge is 0.222 e. The number of carbonyl (C=O) groups excluding carboxylic acids is 1. The monoisotopic (exact) mass is 454 g/mol. The Balaban J connectivity index is 1.46. The highest BCUT2D eigenvalue weighted by Gasteiger charge is 2.22. The van der Waals surface area contributed by atoms with E-state index in [1.165, 1.54) is 51.4 Å². The molecule has 1 aliphatic rings. The maximum Gasteiger partial charge on any atom is 0.222 e. The number of rotatable bonds is 16. The lowest BCUT2D eigenvalue weighted by molar-refractivity contribution is -0.131. The zero-order valence-corrected chi connectivity index (χ0v) is 21.1. The molecule has 0 radical (unpaired) electrons. The number of allylic oxidation sites excluding steroid dienone is 4. The molecule has 1 aliphatic heterocycles. The highest BCUT2D eigenvalue weighted by atomic mass is 16.5. The van der Waals surface area contributed by atoms with Gasteiger partial charge in [-0.1, -0.05) is 75.5 Å². The molecule has 0 aromatic heterocycles. The van der Waals surface area contributed by atoms with Crippen molar-refractivity contribution in [3.63, 3.8) is 0 Å². The van der Waals surface area contributed by atoms with E-state index in [-0.39, 0.29) is 0 Å². The third kappa shape index (κ3) is 11.0. The summed E-state index contributed by atoms with van der Waals surface area (Å²) in [6.07, 6.45) is 23.3. The van der Waals surface area contributed by atoms with Gasteiger partial charge in [-0.05, 0) is 50.7 Å². The van der Waals surface area contributed by atoms with Gasteiger partial charge < -0.3 is 14.5 Å². The lowest BCUT2D eigenvalue weighted by Gasteiger charge is -2.36. The van der Waals surface area contributed by atoms with Gasteiger partial charge in [0.05, 0.1) is 12.8 Å². The molecule has 1 amide bonds. The molecule has 1 saturated heterocycles. The average molecular weight is 455 g/mol. The fraction of sp³-hybridized carbons (Fsp3) is 0.621. The maximum absolute atomic E-state index is 12.6. The van der Waals surface area contributed by atoms with E-state index in [4.69, 9.17) is 4.74 Å². The van der Waals surface area contributed by atoms with Gasteiger partial charge in [-0.2, -0.15) is 0 Å². The first-order chi connectivity index (χ1) is 16.3. The number of benzene rings is 1. The predicted molar refractivity (Wildman–Crippen MR) is 141 cm³/mol. The number of carbonyl (C=O) groups is 1. The Kier molecular flexibility index (Phi) is 14.1. The number of ether oxygens (including phenoxy) is 1. The van der Waals surface area contributed by atoms with Crippen molar-refractivity contribution in [2.75, 3.05) is 38.2 Å². The van der Waals surface area contributed by atoms with Crippen LogP contribution in [0.5, 0.6) is 5.75 Å². The van der Waals surface area contributed by atoms with Gasteiger partial charge in [-0.3, -0.25) is 4.79 Å². The molecule has 0 N–H and O–H groups in total. The van der Waals surface area contributed by atoms with E-state index in [1.54, 1.807) is 7.11 Å². The van der Waals surface area contributed by atoms with Crippen molar-refractivity contribution in [1.82, 2.24) is 4.90 Å². The van der Waals surface area contributed by atoms with Crippen molar-refractivity contribution < 1.29 is 9.53 Å². The van der Waals surface area contributed by atoms with Crippen LogP contribution in [0.1, 0.15) is 84.0 Å². The molecular weight excluding hydrogens is 408 g/mol. The van der Waals surface area contributed by atoms with E-state index in [2.05, 4.69) is 42.2 Å². The van der Waals surface area contributed by atoms with Gasteiger partial charge in [0.25, 0.3) is 0 Å². The summed E-state index contributed by atoms with van der Waals surface area (Å²) in [6.45, 7) is 5.59. The Bertz CT molecular complexity index is 705. The Labute approximate surface area is 202 Å². The molecule has 1 aromatic carbocycles. The highest BCUT2D eigenvalue weighted by molar-refractivity contribution is 5.76. The zero-order chi connectivity index (χ0) is 23.6. The molecule has 4 heteroatoms. The third-order valence-electron chi connectivity index (χ3n) is 6.40. The van der Waals surface area contributed by atoms with Crippen LogP contribution in [0.15, 0.2) is 48.6 Å². The number of nitrogens with zero attached hydrogens (tertiary/aromatic N) is 2. The normalized spacial score (nSPS) is 14.5. The minimum Gasteiger partial charge on any atom is -0.495 e. The summed E-state index contributed by atoms with van der Waals surface area (Å²) in [5.41, 5.74) is 1.13. The van der Waals surface area contributed by atoms with E-state index in [9.17, 15) is 4.79 Å². The van der Waals surface area contributed by atoms with E-state index in [0.717, 1.165) is 56.9 Å². The molecule has 1 fully saturated rings. The first kappa shape index (κ1) is 27.0. The number of hydrogen-bond acceptors (Lipinski definition) is 3. The third-order valence-corrected chi connectivity index (χ3v) is 6.40. The van der Waals surface area contributed by atoms with Crippen LogP contribution >= 0.6 is 0 Å². The minimum atomic E-state index is 0.320. The van der Waals surface area contributed by atoms with Crippen molar-refractivity contribution >= 4 is 11.6 Å². The van der Waals surface area contributed by atoms with Crippen LogP contribution in [0.4, 0.5) is 5.69 Å². The van der Waals surface area contributed by atoms with Crippen molar-refractivity contribution in [3.05, 3.63) is 48.6 Å². The van der Waals surface area contributed by atoms with E-state index >= 15 is 0 Å². The molecule has 0 spiro atoms. The largest absolute Gasteiger partial charge is 0.495 e. The van der Waals surface area contributed by atoms with Gasteiger partial charge in [0, 0.05) is 32.6 Å². The van der Waals surface area contributed by atoms with Gasteiger partial charge in [0.15, 0.2) is 0 Å². The van der Waals surface area contributed by atoms with Crippen LogP contribution in [-0.4, -0.2) is 44.1 Å². The van der Waals surface area contributed by atoms with Crippen molar-refractivity contribution in [2.45, 2.75) is 84.0 Å². The SMILES string of the molecule is CCCCCC=CC/C=C\CCCCCCCC(=O)N1CCN(c2ccccc2OC)CC1. The molecule has 33 heavy (non-hydrogen) atoms. The maximum atomic E-state index is 12.6. The zero-order valence-electron chi connectivity index (χ0n) is 21.1. The number of para-hydroxylation sites is 2. The summed E-state index contributed by atoms with van der Waals surface area (Å²) in [6, 6.07) is 8.13. The second-order valence-electron chi connectivity index (χ2n) is 9.02. The van der Waals surface area contributed by atoms with E-state index < -0.39 is 0 Å². The quantitative estimate of drug-likeness (QED) is 0.196. The summed E-state index contributed by atoms with van der Waals surface area (Å²) in [5.74, 6) is 1.22. The Hall–Kier alpha value is -2.23. The topological polar surface area (TPSA) is 32.8 Å². The molecule has 1 heterocycles. The van der Waals surface area contributed by atoms with Crippen LogP contribution in [0.3, 0.4) is 0 Å². The molecule has 2 rings (SSSR count). The van der Waals surface area contributed by atoms with Gasteiger partial charge in [0.2, 0.25) is 5.91 Å². The molecule has 0 aliphatic carbocycles. The van der Waals surface area contributed by atoms with Crippen LogP contribution in [0.25, 0.3) is 0 Å². The fourth-order valence-corrected chi connectivity index (χ4v) is 4.33. The summed E-state index contributed by atoms with van der Waals surface area (Å²) in [5, 5.41) is 0. The van der Waals surface area contributed by atoms with Crippen molar-refractivity contribution in [2.24, 2.45) is 0 Å². The summed E-state index contributed by atoms with van der Waals surface area (Å²) >= 11 is 0. The second-order valence-corrected chi connectivity index (χ2v) is 9.02. The summed E-state index contributed by atoms with van der Waals surface area (Å²) < 4.78 is 5.48. The fourth-order valence-electron chi connectivity index (χ4n) is 4.33. The van der Waals surface area contributed by atoms with Gasteiger partial charge in [-0.25, -0.2) is 0 Å². The summed E-state index contributed by atoms with van der Waals surface area (Å²) in [4.78, 5) is 16.9. The van der Waals surface area contributed by atoms with E-state index in [1.807, 2.05) is 23.1 Å². The van der Waals surface area contributed by atoms with Gasteiger partial charge in [0.1, 0.15) is 5.75 Å². The van der Waals surface area contributed by atoms with Gasteiger partial charge >= 0.3 is 0 Å². The Morgan fingerprint density at radius 2 is 1.48 bits per heavy atom. The molecule has 0 unspecified atom stereocenters. The lowest BCUT2D eigenvalue weighted by Crippen LogP contribution is -2.48. The molecule has 184 valence electrons. The number of amides is 1. The highest BCUT2D eigenvalue weighted by Crippen LogP contribution is 2.28. The van der Waals surface area contributed by atoms with Crippen LogP contribution < -0.4 is 9.64 Å². The number of methoxy groups -OCH3 is 1. The number of anilines is 1. The predicted octanol–water partition coefficient (Wildman–Crippen LogP) is 7.16. The first-order valence-corrected chi connectivity index (χ1v) is 13.2. The van der Waals surface area contributed by atoms with Crippen molar-refractivity contribution in [3.8, 4) is 5.75 Å². The molecule has 0 atom stereocenters. The molecule has 4 nitrogen and oxygen atoms in total. The Morgan fingerprint density at radius 1 is 0.848 bits per heavy atom. The van der Waals surface area contributed by atoms with Crippen LogP contribution in [0.2, 0.25) is 0 Å². The minimum absolute atomic E-state index is 0.320. The molecule has 1 aromatic rings. The lowest BCUT2D eigenvalue weighted by atomic mass is 10.1. The Morgan fingerprint density at radius 3 is 2.18 bits per heavy atom. The standard InChI is InChI=1S/C29H46N2O2/c1-3-4-5-6-7-8-9-10-11-12-13-14-15-16-17-22-29(32)31-25-23-30(24-26-31)27-20-18-19-21-28(27)33-2/h7-8,10-11,18-21H,3-6,9,12-17,22-26H2,1-2H3/b8-7?,11-10-. The van der Waals surface area contributed by atoms with E-state index in [0.29, 0.717) is 12.3 Å². The number of hydrogen-bond donors (Lipinski definition) is 0. The van der Waals surface area contributed by atoms with Gasteiger partial charge in [-0.15, -0.1) is 0 Å². The first-order valence-electron chi connectivity index (χ1n) is 13.2. The molecule has 0 saturated carbocycles. The molecule has 0 bridgehead atoms.